The fraction of sp³-hybridized carbons (Fsp3) is 0.158. The molecule has 0 aromatic heterocycles. The Labute approximate surface area is 166 Å². The third-order valence-electron chi connectivity index (χ3n) is 3.50. The normalized spacial score (nSPS) is 11.4. The Morgan fingerprint density at radius 1 is 1.10 bits per heavy atom. The average molecular weight is 424 g/mol. The number of nitrogens with one attached hydrogen (secondary N) is 2. The van der Waals surface area contributed by atoms with Crippen LogP contribution in [0.4, 0.5) is 14.5 Å². The van der Waals surface area contributed by atoms with Crippen LogP contribution in [0.1, 0.15) is 11.1 Å². The van der Waals surface area contributed by atoms with E-state index >= 15 is 0 Å². The topological polar surface area (TPSA) is 102 Å². The van der Waals surface area contributed by atoms with Crippen LogP contribution in [0, 0.1) is 18.6 Å². The van der Waals surface area contributed by atoms with Crippen molar-refractivity contribution in [3.63, 3.8) is 0 Å². The molecule has 10 heteroatoms. The first kappa shape index (κ1) is 22.2. The summed E-state index contributed by atoms with van der Waals surface area (Å²) >= 11 is 0. The van der Waals surface area contributed by atoms with Crippen molar-refractivity contribution in [1.29, 1.82) is 0 Å². The number of anilines is 1. The number of carbonyl (C=O) groups is 2. The van der Waals surface area contributed by atoms with Gasteiger partial charge in [-0.2, -0.15) is 0 Å². The smallest absolute Gasteiger partial charge is 0.321 e. The highest BCUT2D eigenvalue weighted by molar-refractivity contribution is 7.92. The lowest BCUT2D eigenvalue weighted by molar-refractivity contribution is -0.146. The molecule has 0 aliphatic rings. The molecule has 0 bridgehead atoms. The molecule has 0 radical (unpaired) electrons. The summed E-state index contributed by atoms with van der Waals surface area (Å²) in [5.41, 5.74) is 1.40. The molecule has 154 valence electrons. The lowest BCUT2D eigenvalue weighted by atomic mass is 10.2. The Bertz CT molecular complexity index is 1020. The molecule has 0 saturated carbocycles. The lowest BCUT2D eigenvalue weighted by Gasteiger charge is -2.08. The van der Waals surface area contributed by atoms with E-state index in [1.54, 1.807) is 12.1 Å². The van der Waals surface area contributed by atoms with E-state index in [-0.39, 0.29) is 5.69 Å². The number of hydrogen-bond donors (Lipinski definition) is 2. The van der Waals surface area contributed by atoms with Gasteiger partial charge in [0.15, 0.2) is 6.61 Å². The zero-order valence-corrected chi connectivity index (χ0v) is 16.1. The Kier molecular flexibility index (Phi) is 7.57. The van der Waals surface area contributed by atoms with Crippen molar-refractivity contribution in [2.45, 2.75) is 6.92 Å². The molecule has 0 atom stereocenters. The van der Waals surface area contributed by atoms with Crippen molar-refractivity contribution < 1.29 is 31.5 Å². The van der Waals surface area contributed by atoms with Gasteiger partial charge in [0, 0.05) is 11.5 Å². The lowest BCUT2D eigenvalue weighted by Crippen LogP contribution is -2.31. The van der Waals surface area contributed by atoms with Gasteiger partial charge in [-0.1, -0.05) is 29.8 Å². The van der Waals surface area contributed by atoms with Gasteiger partial charge in [-0.15, -0.1) is 0 Å². The fourth-order valence-corrected chi connectivity index (χ4v) is 2.78. The maximum absolute atomic E-state index is 13.4. The van der Waals surface area contributed by atoms with E-state index in [0.717, 1.165) is 23.1 Å². The van der Waals surface area contributed by atoms with E-state index in [1.807, 2.05) is 23.8 Å². The molecular weight excluding hydrogens is 406 g/mol. The van der Waals surface area contributed by atoms with E-state index in [9.17, 15) is 26.8 Å². The second-order valence-electron chi connectivity index (χ2n) is 5.91. The number of carbonyl (C=O) groups excluding carboxylic acids is 2. The molecule has 1 amide bonds. The number of ether oxygens (including phenoxy) is 1. The Morgan fingerprint density at radius 2 is 1.79 bits per heavy atom. The van der Waals surface area contributed by atoms with Gasteiger partial charge in [0.1, 0.15) is 18.2 Å². The molecule has 7 nitrogen and oxygen atoms in total. The molecule has 0 aliphatic heterocycles. The van der Waals surface area contributed by atoms with Crippen molar-refractivity contribution in [2.24, 2.45) is 0 Å². The SMILES string of the molecule is Cc1ccc(C=CS(=O)(=O)NCC(=O)OCC(=O)Nc2ccc(F)cc2F)cc1. The number of aryl methyl sites for hydroxylation is 1. The minimum Gasteiger partial charge on any atom is -0.455 e. The highest BCUT2D eigenvalue weighted by Crippen LogP contribution is 2.14. The van der Waals surface area contributed by atoms with Gasteiger partial charge < -0.3 is 10.1 Å². The van der Waals surface area contributed by atoms with Crippen molar-refractivity contribution in [2.75, 3.05) is 18.5 Å². The van der Waals surface area contributed by atoms with Crippen LogP contribution in [-0.4, -0.2) is 33.4 Å². The fourth-order valence-electron chi connectivity index (χ4n) is 2.03. The minimum atomic E-state index is -3.90. The predicted octanol–water partition coefficient (Wildman–Crippen LogP) is 2.35. The number of esters is 1. The molecule has 0 aliphatic carbocycles. The number of amides is 1. The quantitative estimate of drug-likeness (QED) is 0.634. The van der Waals surface area contributed by atoms with Crippen LogP contribution in [-0.2, 0) is 24.3 Å². The minimum absolute atomic E-state index is 0.283. The molecule has 2 rings (SSSR count). The van der Waals surface area contributed by atoms with Crippen LogP contribution in [0.25, 0.3) is 6.08 Å². The molecule has 0 unspecified atom stereocenters. The summed E-state index contributed by atoms with van der Waals surface area (Å²) in [6, 6.07) is 9.65. The second kappa shape index (κ2) is 9.89. The summed E-state index contributed by atoms with van der Waals surface area (Å²) in [6.45, 7) is 0.434. The zero-order chi connectivity index (χ0) is 21.4. The van der Waals surface area contributed by atoms with Crippen LogP contribution in [0.2, 0.25) is 0 Å². The van der Waals surface area contributed by atoms with Crippen molar-refractivity contribution in [1.82, 2.24) is 4.72 Å². The Balaban J connectivity index is 1.78. The summed E-state index contributed by atoms with van der Waals surface area (Å²) in [5, 5.41) is 3.00. The van der Waals surface area contributed by atoms with Crippen LogP contribution >= 0.6 is 0 Å². The van der Waals surface area contributed by atoms with E-state index in [0.29, 0.717) is 11.6 Å². The third-order valence-corrected chi connectivity index (χ3v) is 4.55. The second-order valence-corrected chi connectivity index (χ2v) is 7.56. The largest absolute Gasteiger partial charge is 0.455 e. The zero-order valence-electron chi connectivity index (χ0n) is 15.3. The molecule has 29 heavy (non-hydrogen) atoms. The standard InChI is InChI=1S/C19H18F2N2O5S/c1-13-2-4-14(5-3-13)8-9-29(26,27)22-11-19(25)28-12-18(24)23-17-7-6-15(20)10-16(17)21/h2-10,22H,11-12H2,1H3,(H,23,24). The Morgan fingerprint density at radius 3 is 2.45 bits per heavy atom. The van der Waals surface area contributed by atoms with Gasteiger partial charge in [-0.25, -0.2) is 21.9 Å². The van der Waals surface area contributed by atoms with E-state index < -0.39 is 46.7 Å². The van der Waals surface area contributed by atoms with Crippen LogP contribution in [0.15, 0.2) is 47.9 Å². The summed E-state index contributed by atoms with van der Waals surface area (Å²) in [4.78, 5) is 23.2. The van der Waals surface area contributed by atoms with Gasteiger partial charge in [0.25, 0.3) is 5.91 Å². The van der Waals surface area contributed by atoms with Crippen molar-refractivity contribution in [3.05, 3.63) is 70.6 Å². The van der Waals surface area contributed by atoms with Gasteiger partial charge in [-0.3, -0.25) is 9.59 Å². The van der Waals surface area contributed by atoms with Crippen molar-refractivity contribution >= 4 is 33.7 Å². The summed E-state index contributed by atoms with van der Waals surface area (Å²) in [7, 11) is -3.90. The van der Waals surface area contributed by atoms with Crippen LogP contribution in [0.5, 0.6) is 0 Å². The maximum atomic E-state index is 13.4. The molecule has 0 spiro atoms. The van der Waals surface area contributed by atoms with Gasteiger partial charge in [0.05, 0.1) is 5.69 Å². The Hall–Kier alpha value is -3.11. The molecule has 0 fully saturated rings. The van der Waals surface area contributed by atoms with Gasteiger partial charge in [0.2, 0.25) is 10.0 Å². The first-order valence-electron chi connectivity index (χ1n) is 8.29. The molecule has 2 aromatic carbocycles. The molecule has 2 aromatic rings. The van der Waals surface area contributed by atoms with Crippen LogP contribution in [0.3, 0.4) is 0 Å². The van der Waals surface area contributed by atoms with Gasteiger partial charge in [-0.05, 0) is 30.7 Å². The van der Waals surface area contributed by atoms with Crippen LogP contribution < -0.4 is 10.0 Å². The summed E-state index contributed by atoms with van der Waals surface area (Å²) in [5.74, 6) is -3.67. The molecular formula is C19H18F2N2O5S. The van der Waals surface area contributed by atoms with E-state index in [1.165, 1.54) is 6.08 Å². The first-order chi connectivity index (χ1) is 13.6. The average Bonchev–Trinajstić information content (AvgIpc) is 2.67. The van der Waals surface area contributed by atoms with Crippen molar-refractivity contribution in [3.8, 4) is 0 Å². The highest BCUT2D eigenvalue weighted by atomic mass is 32.2. The number of halogens is 2. The summed E-state index contributed by atoms with van der Waals surface area (Å²) < 4.78 is 56.6. The van der Waals surface area contributed by atoms with E-state index in [4.69, 9.17) is 0 Å². The van der Waals surface area contributed by atoms with E-state index in [2.05, 4.69) is 10.1 Å². The molecule has 2 N–H and O–H groups in total. The highest BCUT2D eigenvalue weighted by Gasteiger charge is 2.13. The predicted molar refractivity (Wildman–Crippen MR) is 103 cm³/mol. The molecule has 0 saturated heterocycles. The monoisotopic (exact) mass is 424 g/mol. The third kappa shape index (κ3) is 7.80. The number of hydrogen-bond acceptors (Lipinski definition) is 5. The first-order valence-corrected chi connectivity index (χ1v) is 9.84. The molecule has 0 heterocycles. The number of sulfonamides is 1. The summed E-state index contributed by atoms with van der Waals surface area (Å²) in [6.07, 6.45) is 1.36. The van der Waals surface area contributed by atoms with Gasteiger partial charge >= 0.3 is 5.97 Å². The number of benzene rings is 2. The maximum Gasteiger partial charge on any atom is 0.321 e. The number of rotatable bonds is 8.